The summed E-state index contributed by atoms with van der Waals surface area (Å²) in [5, 5.41) is 5.63. The number of nitrogens with zero attached hydrogens (tertiary/aromatic N) is 5. The summed E-state index contributed by atoms with van der Waals surface area (Å²) in [6, 6.07) is 12.6. The summed E-state index contributed by atoms with van der Waals surface area (Å²) in [6.45, 7) is 12.2. The summed E-state index contributed by atoms with van der Waals surface area (Å²) in [5.41, 5.74) is 2.20. The van der Waals surface area contributed by atoms with Crippen LogP contribution in [0.3, 0.4) is 0 Å². The minimum atomic E-state index is -3.65. The lowest BCUT2D eigenvalue weighted by Gasteiger charge is -2.51. The highest BCUT2D eigenvalue weighted by Crippen LogP contribution is 2.50. The van der Waals surface area contributed by atoms with E-state index in [0.29, 0.717) is 23.9 Å². The van der Waals surface area contributed by atoms with Gasteiger partial charge in [0.15, 0.2) is 9.84 Å². The van der Waals surface area contributed by atoms with Crippen LogP contribution in [0.15, 0.2) is 59.5 Å². The van der Waals surface area contributed by atoms with Crippen molar-refractivity contribution in [2.45, 2.75) is 106 Å². The van der Waals surface area contributed by atoms with Gasteiger partial charge in [-0.1, -0.05) is 37.5 Å². The number of methoxy groups -OCH3 is 1. The molecule has 0 unspecified atom stereocenters. The first kappa shape index (κ1) is 47.4. The Labute approximate surface area is 386 Å². The molecule has 0 radical (unpaired) electrons. The molecule has 0 aromatic heterocycles. The number of benzene rings is 2. The van der Waals surface area contributed by atoms with Gasteiger partial charge in [-0.05, 0) is 144 Å². The van der Waals surface area contributed by atoms with Gasteiger partial charge in [0, 0.05) is 88.4 Å². The van der Waals surface area contributed by atoms with Crippen molar-refractivity contribution < 1.29 is 31.9 Å². The van der Waals surface area contributed by atoms with Crippen LogP contribution in [-0.4, -0.2) is 149 Å². The second kappa shape index (κ2) is 21.3. The van der Waals surface area contributed by atoms with Crippen LogP contribution in [0.2, 0.25) is 0 Å². The number of anilines is 1. The quantitative estimate of drug-likeness (QED) is 0.206. The van der Waals surface area contributed by atoms with E-state index in [2.05, 4.69) is 36.3 Å². The average molecular weight is 918 g/mol. The maximum atomic E-state index is 15.0. The topological polar surface area (TPSA) is 135 Å². The van der Waals surface area contributed by atoms with Crippen LogP contribution in [0.25, 0.3) is 0 Å². The van der Waals surface area contributed by atoms with E-state index >= 15 is 4.39 Å². The third kappa shape index (κ3) is 11.1. The molecule has 5 heterocycles. The molecule has 15 heteroatoms. The number of halogens is 1. The fourth-order valence-corrected chi connectivity index (χ4v) is 14.0. The van der Waals surface area contributed by atoms with Crippen molar-refractivity contribution in [2.24, 2.45) is 17.8 Å². The molecule has 3 amide bonds. The van der Waals surface area contributed by atoms with E-state index in [1.165, 1.54) is 45.8 Å². The summed E-state index contributed by atoms with van der Waals surface area (Å²) < 4.78 is 48.5. The van der Waals surface area contributed by atoms with E-state index in [1.54, 1.807) is 23.1 Å². The standard InChI is InChI=1S/C50H72FN7O6S/c1-37(59)52-36-50(41-12-9-13-42(51)29-41,45-14-10-15-46(45)53-49(61)64-2)40-19-26-56(27-20-40)30-38-31-57(32-38)43-17-18-47(39(28-43)33-55-23-7-4-8-24-55)65(62,63)44-34-58(35-44)48(60)16-11-25-54-21-5-3-6-22-54/h9,11-13,16-18,28-29,38,40,44-46H,3-8,10,14-15,19-27,30-36H2,1-2H3,(H,52,59)(H,53,61)/b16-11+/t45-,46-,50-/m0/s1. The summed E-state index contributed by atoms with van der Waals surface area (Å²) in [4.78, 5) is 49.7. The lowest BCUT2D eigenvalue weighted by atomic mass is 9.58. The second-order valence-electron chi connectivity index (χ2n) is 19.9. The number of hydrogen-bond donors (Lipinski definition) is 2. The highest BCUT2D eigenvalue weighted by molar-refractivity contribution is 7.92. The number of likely N-dealkylation sites (tertiary alicyclic amines) is 4. The predicted octanol–water partition coefficient (Wildman–Crippen LogP) is 5.59. The predicted molar refractivity (Wildman–Crippen MR) is 251 cm³/mol. The minimum Gasteiger partial charge on any atom is -0.453 e. The molecule has 6 fully saturated rings. The molecule has 2 N–H and O–H groups in total. The lowest BCUT2D eigenvalue weighted by Crippen LogP contribution is -2.58. The molecule has 65 heavy (non-hydrogen) atoms. The Bertz CT molecular complexity index is 2110. The molecule has 1 saturated carbocycles. The van der Waals surface area contributed by atoms with Gasteiger partial charge in [0.25, 0.3) is 0 Å². The van der Waals surface area contributed by atoms with Crippen LogP contribution in [0.5, 0.6) is 0 Å². The van der Waals surface area contributed by atoms with Crippen LogP contribution in [0.4, 0.5) is 14.9 Å². The Morgan fingerprint density at radius 2 is 1.54 bits per heavy atom. The monoisotopic (exact) mass is 918 g/mol. The number of alkyl carbamates (subject to hydrolysis) is 1. The number of carbonyl (C=O) groups is 3. The molecule has 0 bridgehead atoms. The normalized spacial score (nSPS) is 24.4. The smallest absolute Gasteiger partial charge is 0.407 e. The molecule has 0 spiro atoms. The van der Waals surface area contributed by atoms with Crippen molar-refractivity contribution in [3.63, 3.8) is 0 Å². The molecule has 13 nitrogen and oxygen atoms in total. The third-order valence-electron chi connectivity index (χ3n) is 15.7. The maximum Gasteiger partial charge on any atom is 0.407 e. The van der Waals surface area contributed by atoms with Crippen LogP contribution < -0.4 is 15.5 Å². The molecule has 5 aliphatic heterocycles. The van der Waals surface area contributed by atoms with Crippen LogP contribution >= 0.6 is 0 Å². The van der Waals surface area contributed by atoms with E-state index in [-0.39, 0.29) is 48.6 Å². The molecular formula is C50H72FN7O6S. The molecule has 1 aliphatic carbocycles. The molecule has 3 atom stereocenters. The Kier molecular flexibility index (Phi) is 15.5. The van der Waals surface area contributed by atoms with Crippen molar-refractivity contribution in [1.82, 2.24) is 30.2 Å². The lowest BCUT2D eigenvalue weighted by molar-refractivity contribution is -0.129. The molecule has 5 saturated heterocycles. The number of carbonyl (C=O) groups excluding carboxylic acids is 3. The summed E-state index contributed by atoms with van der Waals surface area (Å²) >= 11 is 0. The van der Waals surface area contributed by atoms with Crippen LogP contribution in [-0.2, 0) is 36.1 Å². The minimum absolute atomic E-state index is 0.0118. The highest BCUT2D eigenvalue weighted by Gasteiger charge is 2.52. The Morgan fingerprint density at radius 3 is 2.22 bits per heavy atom. The van der Waals surface area contributed by atoms with Gasteiger partial charge in [-0.25, -0.2) is 17.6 Å². The zero-order valence-electron chi connectivity index (χ0n) is 38.7. The largest absolute Gasteiger partial charge is 0.453 e. The number of hydrogen-bond acceptors (Lipinski definition) is 10. The van der Waals surface area contributed by atoms with Gasteiger partial charge in [0.1, 0.15) is 11.1 Å². The van der Waals surface area contributed by atoms with Crippen molar-refractivity contribution in [1.29, 1.82) is 0 Å². The third-order valence-corrected chi connectivity index (χ3v) is 17.9. The van der Waals surface area contributed by atoms with E-state index in [4.69, 9.17) is 4.74 Å². The first-order valence-corrected chi connectivity index (χ1v) is 26.1. The van der Waals surface area contributed by atoms with Crippen molar-refractivity contribution in [3.05, 3.63) is 71.6 Å². The Morgan fingerprint density at radius 1 is 0.831 bits per heavy atom. The number of amides is 3. The molecule has 356 valence electrons. The van der Waals surface area contributed by atoms with E-state index < -0.39 is 26.6 Å². The molecular weight excluding hydrogens is 846 g/mol. The Balaban J connectivity index is 0.904. The molecule has 2 aromatic rings. The van der Waals surface area contributed by atoms with Crippen LogP contribution in [0.1, 0.15) is 88.7 Å². The van der Waals surface area contributed by atoms with E-state index in [9.17, 15) is 22.8 Å². The van der Waals surface area contributed by atoms with Crippen molar-refractivity contribution in [3.8, 4) is 0 Å². The SMILES string of the molecule is COC(=O)N[C@H]1CCC[C@@H]1[C@](CNC(C)=O)(c1cccc(F)c1)C1CCN(CC2CN(c3ccc(S(=O)(=O)C4CN(C(=O)/C=C/CN5CCCCC5)C4)c(CN4CCCCC4)c3)C2)CC1. The summed E-state index contributed by atoms with van der Waals surface area (Å²) in [6.07, 6.45) is 14.5. The second-order valence-corrected chi connectivity index (χ2v) is 22.1. The highest BCUT2D eigenvalue weighted by atomic mass is 32.2. The number of piperidine rings is 3. The zero-order chi connectivity index (χ0) is 45.6. The van der Waals surface area contributed by atoms with Crippen molar-refractivity contribution in [2.75, 3.05) is 97.1 Å². The summed E-state index contributed by atoms with van der Waals surface area (Å²) in [5.74, 6) is 0.0499. The molecule has 2 aromatic carbocycles. The number of ether oxygens (including phenoxy) is 1. The van der Waals surface area contributed by atoms with E-state index in [1.807, 2.05) is 24.3 Å². The first-order valence-electron chi connectivity index (χ1n) is 24.5. The van der Waals surface area contributed by atoms with Gasteiger partial charge in [0.05, 0.1) is 12.0 Å². The number of rotatable bonds is 16. The van der Waals surface area contributed by atoms with Gasteiger partial charge in [-0.2, -0.15) is 0 Å². The Hall–Kier alpha value is -4.05. The fraction of sp³-hybridized carbons (Fsp3) is 0.660. The van der Waals surface area contributed by atoms with Gasteiger partial charge in [-0.3, -0.25) is 19.4 Å². The van der Waals surface area contributed by atoms with Crippen molar-refractivity contribution >= 4 is 33.4 Å². The van der Waals surface area contributed by atoms with E-state index in [0.717, 1.165) is 127 Å². The molecule has 8 rings (SSSR count). The number of sulfone groups is 1. The molecule has 6 aliphatic rings. The number of nitrogens with one attached hydrogen (secondary N) is 2. The van der Waals surface area contributed by atoms with Gasteiger partial charge < -0.3 is 30.1 Å². The van der Waals surface area contributed by atoms with Gasteiger partial charge in [0.2, 0.25) is 11.8 Å². The van der Waals surface area contributed by atoms with Crippen LogP contribution in [0, 0.1) is 23.6 Å². The zero-order valence-corrected chi connectivity index (χ0v) is 39.5. The fourth-order valence-electron chi connectivity index (χ4n) is 12.1. The first-order chi connectivity index (χ1) is 31.4. The van der Waals surface area contributed by atoms with Gasteiger partial charge in [-0.15, -0.1) is 0 Å². The average Bonchev–Trinajstić information content (AvgIpc) is 3.73. The van der Waals surface area contributed by atoms with Gasteiger partial charge >= 0.3 is 6.09 Å². The maximum absolute atomic E-state index is 15.0. The summed E-state index contributed by atoms with van der Waals surface area (Å²) in [7, 11) is -2.28.